The lowest BCUT2D eigenvalue weighted by molar-refractivity contribution is 0.0996. The van der Waals surface area contributed by atoms with Crippen LogP contribution in [0.2, 0.25) is 0 Å². The number of aromatic nitrogens is 4. The molecule has 0 aliphatic carbocycles. The minimum atomic E-state index is -0.374. The number of H-pyrrole nitrogens is 1. The molecule has 4 rings (SSSR count). The van der Waals surface area contributed by atoms with Crippen molar-refractivity contribution < 1.29 is 13.6 Å². The summed E-state index contributed by atoms with van der Waals surface area (Å²) in [5, 5.41) is 15.0. The Balaban J connectivity index is 1.64. The van der Waals surface area contributed by atoms with E-state index in [2.05, 4.69) is 20.6 Å². The van der Waals surface area contributed by atoms with Crippen LogP contribution in [0.25, 0.3) is 11.0 Å². The Morgan fingerprint density at radius 1 is 1.32 bits per heavy atom. The van der Waals surface area contributed by atoms with Crippen LogP contribution in [0.4, 0.5) is 10.2 Å². The van der Waals surface area contributed by atoms with Gasteiger partial charge < -0.3 is 9.73 Å². The monoisotopic (exact) mass is 339 g/mol. The van der Waals surface area contributed by atoms with E-state index < -0.39 is 0 Å². The molecule has 3 heterocycles. The van der Waals surface area contributed by atoms with Crippen LogP contribution in [-0.2, 0) is 6.54 Å². The van der Waals surface area contributed by atoms with Gasteiger partial charge in [-0.15, -0.1) is 0 Å². The number of anilines is 1. The molecule has 126 valence electrons. The number of rotatable bonds is 4. The molecule has 1 aromatic carbocycles. The molecule has 8 heteroatoms. The van der Waals surface area contributed by atoms with Gasteiger partial charge in [0.15, 0.2) is 11.4 Å². The van der Waals surface area contributed by atoms with E-state index in [1.165, 1.54) is 18.4 Å². The SMILES string of the molecule is Cc1nn(Cc2ccc(F)cc2)c2n[nH]c(NC(=O)c3ccco3)c12. The molecular formula is C17H14FN5O2. The van der Waals surface area contributed by atoms with Crippen LogP contribution in [-0.4, -0.2) is 25.9 Å². The lowest BCUT2D eigenvalue weighted by Crippen LogP contribution is -2.11. The summed E-state index contributed by atoms with van der Waals surface area (Å²) in [7, 11) is 0. The first kappa shape index (κ1) is 15.1. The van der Waals surface area contributed by atoms with Gasteiger partial charge in [-0.1, -0.05) is 12.1 Å². The van der Waals surface area contributed by atoms with Crippen molar-refractivity contribution in [3.8, 4) is 0 Å². The Morgan fingerprint density at radius 3 is 2.84 bits per heavy atom. The highest BCUT2D eigenvalue weighted by Crippen LogP contribution is 2.25. The number of halogens is 1. The van der Waals surface area contributed by atoms with E-state index in [-0.39, 0.29) is 17.5 Å². The highest BCUT2D eigenvalue weighted by molar-refractivity contribution is 6.06. The van der Waals surface area contributed by atoms with Crippen molar-refractivity contribution in [1.29, 1.82) is 0 Å². The number of nitrogens with one attached hydrogen (secondary N) is 2. The molecule has 0 aliphatic heterocycles. The Morgan fingerprint density at radius 2 is 2.12 bits per heavy atom. The number of nitrogens with zero attached hydrogens (tertiary/aromatic N) is 3. The number of amides is 1. The molecule has 0 aliphatic rings. The molecule has 0 saturated heterocycles. The van der Waals surface area contributed by atoms with E-state index in [0.717, 1.165) is 16.6 Å². The van der Waals surface area contributed by atoms with E-state index in [1.807, 2.05) is 6.92 Å². The molecule has 4 aromatic rings. The summed E-state index contributed by atoms with van der Waals surface area (Å²) in [5.74, 6) is 0.00725. The summed E-state index contributed by atoms with van der Waals surface area (Å²) < 4.78 is 19.8. The number of aromatic amines is 1. The molecule has 0 unspecified atom stereocenters. The quantitative estimate of drug-likeness (QED) is 0.598. The van der Waals surface area contributed by atoms with Crippen LogP contribution in [0.3, 0.4) is 0 Å². The average Bonchev–Trinajstić information content (AvgIpc) is 3.30. The van der Waals surface area contributed by atoms with Gasteiger partial charge in [-0.25, -0.2) is 9.07 Å². The van der Waals surface area contributed by atoms with Crippen LogP contribution in [0, 0.1) is 12.7 Å². The molecule has 0 atom stereocenters. The molecular weight excluding hydrogens is 325 g/mol. The number of carbonyl (C=O) groups is 1. The molecule has 1 amide bonds. The second-order valence-corrected chi connectivity index (χ2v) is 5.60. The summed E-state index contributed by atoms with van der Waals surface area (Å²) in [4.78, 5) is 12.1. The molecule has 0 radical (unpaired) electrons. The zero-order chi connectivity index (χ0) is 17.4. The average molecular weight is 339 g/mol. The first-order chi connectivity index (χ1) is 12.1. The summed E-state index contributed by atoms with van der Waals surface area (Å²) in [6.45, 7) is 2.28. The summed E-state index contributed by atoms with van der Waals surface area (Å²) in [5.41, 5.74) is 2.23. The van der Waals surface area contributed by atoms with Gasteiger partial charge in [-0.3, -0.25) is 9.89 Å². The van der Waals surface area contributed by atoms with Crippen molar-refractivity contribution in [3.05, 3.63) is 65.5 Å². The molecule has 3 aromatic heterocycles. The van der Waals surface area contributed by atoms with Crippen LogP contribution in [0.15, 0.2) is 47.1 Å². The number of fused-ring (bicyclic) bond motifs is 1. The molecule has 0 fully saturated rings. The fourth-order valence-corrected chi connectivity index (χ4v) is 2.69. The second kappa shape index (κ2) is 5.90. The Labute approximate surface area is 141 Å². The Kier molecular flexibility index (Phi) is 3.57. The number of hydrogen-bond acceptors (Lipinski definition) is 4. The van der Waals surface area contributed by atoms with Gasteiger partial charge in [0.2, 0.25) is 0 Å². The fraction of sp³-hybridized carbons (Fsp3) is 0.118. The summed E-state index contributed by atoms with van der Waals surface area (Å²) >= 11 is 0. The number of furan rings is 1. The number of carbonyl (C=O) groups excluding carboxylic acids is 1. The predicted molar refractivity (Wildman–Crippen MR) is 88.8 cm³/mol. The number of aryl methyl sites for hydroxylation is 1. The first-order valence-electron chi connectivity index (χ1n) is 7.62. The molecule has 0 bridgehead atoms. The minimum absolute atomic E-state index is 0.208. The van der Waals surface area contributed by atoms with E-state index in [9.17, 15) is 9.18 Å². The fourth-order valence-electron chi connectivity index (χ4n) is 2.69. The maximum Gasteiger partial charge on any atom is 0.292 e. The zero-order valence-corrected chi connectivity index (χ0v) is 13.3. The number of benzene rings is 1. The summed E-state index contributed by atoms with van der Waals surface area (Å²) in [6, 6.07) is 9.43. The van der Waals surface area contributed by atoms with E-state index >= 15 is 0 Å². The van der Waals surface area contributed by atoms with Crippen LogP contribution >= 0.6 is 0 Å². The Hall–Kier alpha value is -3.42. The van der Waals surface area contributed by atoms with Gasteiger partial charge in [-0.05, 0) is 36.8 Å². The predicted octanol–water partition coefficient (Wildman–Crippen LogP) is 3.10. The lowest BCUT2D eigenvalue weighted by atomic mass is 10.2. The van der Waals surface area contributed by atoms with Crippen LogP contribution in [0.5, 0.6) is 0 Å². The van der Waals surface area contributed by atoms with Crippen LogP contribution < -0.4 is 5.32 Å². The van der Waals surface area contributed by atoms with Gasteiger partial charge in [-0.2, -0.15) is 10.2 Å². The maximum atomic E-state index is 13.0. The largest absolute Gasteiger partial charge is 0.459 e. The molecule has 0 saturated carbocycles. The molecule has 25 heavy (non-hydrogen) atoms. The van der Waals surface area contributed by atoms with Crippen molar-refractivity contribution in [1.82, 2.24) is 20.0 Å². The highest BCUT2D eigenvalue weighted by atomic mass is 19.1. The van der Waals surface area contributed by atoms with Crippen molar-refractivity contribution in [2.75, 3.05) is 5.32 Å². The van der Waals surface area contributed by atoms with Crippen LogP contribution in [0.1, 0.15) is 21.8 Å². The van der Waals surface area contributed by atoms with Gasteiger partial charge in [0.1, 0.15) is 11.6 Å². The van der Waals surface area contributed by atoms with Gasteiger partial charge in [0, 0.05) is 0 Å². The third-order valence-corrected chi connectivity index (χ3v) is 3.85. The zero-order valence-electron chi connectivity index (χ0n) is 13.3. The smallest absolute Gasteiger partial charge is 0.292 e. The summed E-state index contributed by atoms with van der Waals surface area (Å²) in [6.07, 6.45) is 1.43. The van der Waals surface area contributed by atoms with Crippen molar-refractivity contribution in [3.63, 3.8) is 0 Å². The van der Waals surface area contributed by atoms with Gasteiger partial charge in [0.25, 0.3) is 5.91 Å². The van der Waals surface area contributed by atoms with Gasteiger partial charge >= 0.3 is 0 Å². The highest BCUT2D eigenvalue weighted by Gasteiger charge is 2.18. The first-order valence-corrected chi connectivity index (χ1v) is 7.62. The number of hydrogen-bond donors (Lipinski definition) is 2. The van der Waals surface area contributed by atoms with E-state index in [0.29, 0.717) is 18.0 Å². The Bertz CT molecular complexity index is 1030. The normalized spacial score (nSPS) is 11.1. The van der Waals surface area contributed by atoms with Crippen molar-refractivity contribution in [2.45, 2.75) is 13.5 Å². The topological polar surface area (TPSA) is 88.7 Å². The maximum absolute atomic E-state index is 13.0. The third-order valence-electron chi connectivity index (χ3n) is 3.85. The second-order valence-electron chi connectivity index (χ2n) is 5.60. The van der Waals surface area contributed by atoms with Crippen molar-refractivity contribution in [2.24, 2.45) is 0 Å². The minimum Gasteiger partial charge on any atom is -0.459 e. The van der Waals surface area contributed by atoms with E-state index in [1.54, 1.807) is 28.9 Å². The third kappa shape index (κ3) is 2.78. The van der Waals surface area contributed by atoms with Gasteiger partial charge in [0.05, 0.1) is 23.9 Å². The van der Waals surface area contributed by atoms with Crippen molar-refractivity contribution >= 4 is 22.8 Å². The molecule has 2 N–H and O–H groups in total. The molecule has 7 nitrogen and oxygen atoms in total. The molecule has 0 spiro atoms. The van der Waals surface area contributed by atoms with E-state index in [4.69, 9.17) is 4.42 Å². The lowest BCUT2D eigenvalue weighted by Gasteiger charge is -2.01. The standard InChI is InChI=1S/C17H14FN5O2/c1-10-14-15(19-17(24)13-3-2-8-25-13)20-21-16(14)23(22-10)9-11-4-6-12(18)7-5-11/h2-8H,9H2,1H3,(H2,19,20,21,24).